The fourth-order valence-electron chi connectivity index (χ4n) is 5.20. The minimum Gasteiger partial charge on any atom is -0.493 e. The number of amides is 2. The van der Waals surface area contributed by atoms with Crippen molar-refractivity contribution in [3.05, 3.63) is 83.4 Å². The summed E-state index contributed by atoms with van der Waals surface area (Å²) in [5.74, 6) is 3.98. The number of anilines is 2. The minimum atomic E-state index is -0.192. The van der Waals surface area contributed by atoms with Gasteiger partial charge in [0.05, 0.1) is 71.7 Å². The highest BCUT2D eigenvalue weighted by Crippen LogP contribution is 2.38. The Bertz CT molecular complexity index is 2260. The number of hydrogen-bond acceptors (Lipinski definition) is 12. The van der Waals surface area contributed by atoms with Crippen LogP contribution in [0, 0.1) is 0 Å². The summed E-state index contributed by atoms with van der Waals surface area (Å²) in [5.41, 5.74) is 8.01. The van der Waals surface area contributed by atoms with Gasteiger partial charge in [-0.3, -0.25) is 0 Å². The minimum absolute atomic E-state index is 0.192. The number of nitrogens with one attached hydrogen (secondary N) is 1. The zero-order valence-electron chi connectivity index (χ0n) is 30.5. The van der Waals surface area contributed by atoms with E-state index >= 15 is 0 Å². The number of benzene rings is 4. The third-order valence-corrected chi connectivity index (χ3v) is 8.59. The van der Waals surface area contributed by atoms with E-state index in [1.807, 2.05) is 13.8 Å². The maximum absolute atomic E-state index is 12.4. The molecular formula is C38H39Cl2N7O7. The molecule has 0 saturated heterocycles. The summed E-state index contributed by atoms with van der Waals surface area (Å²) in [6, 6.07) is 16.9. The molecule has 6 aromatic rings. The standard InChI is InChI=1S/C22H25ClN4O4.C16H14ClN3O3/c1-5-9-27(6-2)22(28)26-17-8-7-14(10-16(17)23)31-21-15-11-19(29-3)20(30-4)12-18(15)24-13-25-21;1-21-14-6-10-13(7-15(14)22-2)19-8-20-16(10)23-9-3-4-12(18)11(17)5-9/h7-8,10-13H,5-6,9H2,1-4H3,(H,26,28);3-8H,18H2,1-2H3. The lowest BCUT2D eigenvalue weighted by molar-refractivity contribution is 0.214. The van der Waals surface area contributed by atoms with Crippen molar-refractivity contribution < 1.29 is 33.2 Å². The quantitative estimate of drug-likeness (QED) is 0.113. The molecule has 2 amide bonds. The number of ether oxygens (including phenoxy) is 6. The lowest BCUT2D eigenvalue weighted by Gasteiger charge is -2.21. The molecule has 0 bridgehead atoms. The van der Waals surface area contributed by atoms with E-state index in [-0.39, 0.29) is 6.03 Å². The second kappa shape index (κ2) is 18.2. The highest BCUT2D eigenvalue weighted by atomic mass is 35.5. The van der Waals surface area contributed by atoms with E-state index in [9.17, 15) is 4.79 Å². The molecule has 0 atom stereocenters. The molecule has 0 spiro atoms. The van der Waals surface area contributed by atoms with Crippen molar-refractivity contribution in [3.63, 3.8) is 0 Å². The van der Waals surface area contributed by atoms with Gasteiger partial charge in [0.25, 0.3) is 0 Å². The summed E-state index contributed by atoms with van der Waals surface area (Å²) in [5, 5.41) is 4.96. The Kier molecular flexibility index (Phi) is 13.2. The first kappa shape index (κ1) is 39.2. The zero-order valence-corrected chi connectivity index (χ0v) is 32.0. The van der Waals surface area contributed by atoms with Gasteiger partial charge in [-0.05, 0) is 49.7 Å². The SMILES string of the molecule is CCCN(CC)C(=O)Nc1ccc(Oc2ncnc3cc(OC)c(OC)cc23)cc1Cl.COc1cc2ncnc(Oc3ccc(N)c(Cl)c3)c2cc1OC. The molecular weight excluding hydrogens is 737 g/mol. The van der Waals surface area contributed by atoms with Gasteiger partial charge >= 0.3 is 6.03 Å². The average Bonchev–Trinajstić information content (AvgIpc) is 3.18. The van der Waals surface area contributed by atoms with E-state index in [2.05, 4.69) is 25.3 Å². The van der Waals surface area contributed by atoms with Gasteiger partial charge in [0.2, 0.25) is 11.8 Å². The zero-order chi connectivity index (χ0) is 38.8. The number of aromatic nitrogens is 4. The maximum atomic E-state index is 12.4. The van der Waals surface area contributed by atoms with Gasteiger partial charge in [0.1, 0.15) is 24.2 Å². The summed E-state index contributed by atoms with van der Waals surface area (Å²) in [4.78, 5) is 31.0. The maximum Gasteiger partial charge on any atom is 0.321 e. The molecule has 54 heavy (non-hydrogen) atoms. The van der Waals surface area contributed by atoms with Crippen LogP contribution in [-0.2, 0) is 0 Å². The van der Waals surface area contributed by atoms with Gasteiger partial charge in [-0.15, -0.1) is 0 Å². The van der Waals surface area contributed by atoms with Crippen LogP contribution in [0.25, 0.3) is 21.8 Å². The first-order chi connectivity index (χ1) is 26.1. The van der Waals surface area contributed by atoms with Crippen molar-refractivity contribution in [2.75, 3.05) is 52.6 Å². The average molecular weight is 777 g/mol. The van der Waals surface area contributed by atoms with Gasteiger partial charge in [-0.2, -0.15) is 0 Å². The predicted octanol–water partition coefficient (Wildman–Crippen LogP) is 9.03. The van der Waals surface area contributed by atoms with E-state index in [4.69, 9.17) is 57.4 Å². The molecule has 0 aliphatic rings. The Balaban J connectivity index is 0.000000217. The van der Waals surface area contributed by atoms with Crippen LogP contribution in [0.1, 0.15) is 20.3 Å². The highest BCUT2D eigenvalue weighted by molar-refractivity contribution is 6.34. The van der Waals surface area contributed by atoms with Gasteiger partial charge in [-0.25, -0.2) is 24.7 Å². The summed E-state index contributed by atoms with van der Waals surface area (Å²) in [7, 11) is 6.25. The lowest BCUT2D eigenvalue weighted by Crippen LogP contribution is -2.35. The normalized spacial score (nSPS) is 10.6. The van der Waals surface area contributed by atoms with Crippen LogP contribution in [-0.4, -0.2) is 72.4 Å². The number of carbonyl (C=O) groups is 1. The summed E-state index contributed by atoms with van der Waals surface area (Å²) >= 11 is 12.4. The summed E-state index contributed by atoms with van der Waals surface area (Å²) in [6.07, 6.45) is 3.71. The Morgan fingerprint density at radius 2 is 1.17 bits per heavy atom. The molecule has 2 heterocycles. The summed E-state index contributed by atoms with van der Waals surface area (Å²) < 4.78 is 33.0. The number of fused-ring (bicyclic) bond motifs is 2. The molecule has 282 valence electrons. The van der Waals surface area contributed by atoms with E-state index in [1.165, 1.54) is 12.7 Å². The molecule has 0 radical (unpaired) electrons. The molecule has 6 rings (SSSR count). The Hall–Kier alpha value is -5.99. The smallest absolute Gasteiger partial charge is 0.321 e. The number of rotatable bonds is 12. The predicted molar refractivity (Wildman–Crippen MR) is 209 cm³/mol. The Labute approximate surface area is 322 Å². The van der Waals surface area contributed by atoms with Gasteiger partial charge < -0.3 is 44.4 Å². The second-order valence-corrected chi connectivity index (χ2v) is 12.2. The van der Waals surface area contributed by atoms with Crippen LogP contribution >= 0.6 is 23.2 Å². The molecule has 0 unspecified atom stereocenters. The number of hydrogen-bond donors (Lipinski definition) is 2. The molecule has 16 heteroatoms. The number of nitrogens with two attached hydrogens (primary N) is 1. The fraction of sp³-hybridized carbons (Fsp3) is 0.237. The Morgan fingerprint density at radius 1 is 0.685 bits per heavy atom. The van der Waals surface area contributed by atoms with Crippen molar-refractivity contribution in [1.82, 2.24) is 24.8 Å². The number of methoxy groups -OCH3 is 4. The van der Waals surface area contributed by atoms with Gasteiger partial charge in [-0.1, -0.05) is 30.1 Å². The molecule has 4 aromatic carbocycles. The molecule has 2 aromatic heterocycles. The van der Waals surface area contributed by atoms with Gasteiger partial charge in [0.15, 0.2) is 23.0 Å². The first-order valence-corrected chi connectivity index (χ1v) is 17.4. The number of urea groups is 1. The van der Waals surface area contributed by atoms with Crippen molar-refractivity contribution in [2.24, 2.45) is 0 Å². The van der Waals surface area contributed by atoms with Crippen LogP contribution in [0.5, 0.6) is 46.3 Å². The topological polar surface area (TPSA) is 165 Å². The molecule has 0 saturated carbocycles. The first-order valence-electron chi connectivity index (χ1n) is 16.6. The monoisotopic (exact) mass is 775 g/mol. The largest absolute Gasteiger partial charge is 0.493 e. The van der Waals surface area contributed by atoms with E-state index in [0.717, 1.165) is 6.42 Å². The third-order valence-electron chi connectivity index (χ3n) is 7.95. The fourth-order valence-corrected chi connectivity index (χ4v) is 5.59. The lowest BCUT2D eigenvalue weighted by atomic mass is 10.2. The van der Waals surface area contributed by atoms with Crippen molar-refractivity contribution in [1.29, 1.82) is 0 Å². The number of carbonyl (C=O) groups excluding carboxylic acids is 1. The molecule has 3 N–H and O–H groups in total. The van der Waals surface area contributed by atoms with Crippen LogP contribution in [0.2, 0.25) is 10.0 Å². The Morgan fingerprint density at radius 3 is 1.61 bits per heavy atom. The third kappa shape index (κ3) is 9.14. The van der Waals surface area contributed by atoms with E-state index < -0.39 is 0 Å². The van der Waals surface area contributed by atoms with Crippen LogP contribution in [0.15, 0.2) is 73.3 Å². The highest BCUT2D eigenvalue weighted by Gasteiger charge is 2.16. The molecule has 0 aliphatic carbocycles. The van der Waals surface area contributed by atoms with Crippen molar-refractivity contribution >= 4 is 62.4 Å². The van der Waals surface area contributed by atoms with E-state index in [0.29, 0.717) is 103 Å². The van der Waals surface area contributed by atoms with Gasteiger partial charge in [0, 0.05) is 37.4 Å². The van der Waals surface area contributed by atoms with Crippen molar-refractivity contribution in [2.45, 2.75) is 20.3 Å². The number of nitrogen functional groups attached to an aromatic ring is 1. The molecule has 14 nitrogen and oxygen atoms in total. The van der Waals surface area contributed by atoms with Crippen molar-refractivity contribution in [3.8, 4) is 46.3 Å². The molecule has 0 fully saturated rings. The number of halogens is 2. The van der Waals surface area contributed by atoms with Crippen LogP contribution < -0.4 is 39.5 Å². The van der Waals surface area contributed by atoms with Crippen LogP contribution in [0.4, 0.5) is 16.2 Å². The molecule has 0 aliphatic heterocycles. The summed E-state index contributed by atoms with van der Waals surface area (Å²) in [6.45, 7) is 5.26. The van der Waals surface area contributed by atoms with Crippen LogP contribution in [0.3, 0.4) is 0 Å². The second-order valence-electron chi connectivity index (χ2n) is 11.3. The number of nitrogens with zero attached hydrogens (tertiary/aromatic N) is 5. The van der Waals surface area contributed by atoms with E-state index in [1.54, 1.807) is 94.0 Å².